The van der Waals surface area contributed by atoms with E-state index in [9.17, 15) is 9.59 Å². The molecule has 0 bridgehead atoms. The molecule has 1 saturated carbocycles. The Morgan fingerprint density at radius 2 is 2.09 bits per heavy atom. The SMILES string of the molecule is Cn1c(=O)oc2ccc(CCNC(=O)NC3CCCCC3)cc21. The van der Waals surface area contributed by atoms with Crippen molar-refractivity contribution >= 4 is 17.1 Å². The number of aromatic nitrogens is 1. The van der Waals surface area contributed by atoms with E-state index < -0.39 is 0 Å². The quantitative estimate of drug-likeness (QED) is 0.908. The summed E-state index contributed by atoms with van der Waals surface area (Å²) < 4.78 is 6.60. The second-order valence-corrected chi connectivity index (χ2v) is 6.21. The highest BCUT2D eigenvalue weighted by Crippen LogP contribution is 2.17. The lowest BCUT2D eigenvalue weighted by molar-refractivity contribution is 0.233. The van der Waals surface area contributed by atoms with Gasteiger partial charge in [-0.2, -0.15) is 0 Å². The number of aryl methyl sites for hydroxylation is 1. The van der Waals surface area contributed by atoms with Crippen LogP contribution < -0.4 is 16.4 Å². The summed E-state index contributed by atoms with van der Waals surface area (Å²) in [5.74, 6) is -0.359. The molecule has 0 saturated heterocycles. The zero-order chi connectivity index (χ0) is 16.2. The van der Waals surface area contributed by atoms with Crippen molar-refractivity contribution in [2.75, 3.05) is 6.54 Å². The van der Waals surface area contributed by atoms with Gasteiger partial charge in [0.15, 0.2) is 5.58 Å². The van der Waals surface area contributed by atoms with Gasteiger partial charge in [-0.05, 0) is 37.0 Å². The number of amides is 2. The standard InChI is InChI=1S/C17H23N3O3/c1-20-14-11-12(7-8-15(14)23-17(20)22)9-10-18-16(21)19-13-5-3-2-4-6-13/h7-8,11,13H,2-6,9-10H2,1H3,(H2,18,19,21). The van der Waals surface area contributed by atoms with Crippen LogP contribution in [-0.2, 0) is 13.5 Å². The van der Waals surface area contributed by atoms with Crippen LogP contribution in [0, 0.1) is 0 Å². The van der Waals surface area contributed by atoms with Crippen molar-refractivity contribution < 1.29 is 9.21 Å². The van der Waals surface area contributed by atoms with Gasteiger partial charge < -0.3 is 15.1 Å². The molecule has 1 aliphatic carbocycles. The van der Waals surface area contributed by atoms with Crippen molar-refractivity contribution in [3.05, 3.63) is 34.3 Å². The zero-order valence-corrected chi connectivity index (χ0v) is 13.4. The number of carbonyl (C=O) groups excluding carboxylic acids is 1. The van der Waals surface area contributed by atoms with Crippen LogP contribution in [0.3, 0.4) is 0 Å². The van der Waals surface area contributed by atoms with Gasteiger partial charge in [0.2, 0.25) is 0 Å². The highest BCUT2D eigenvalue weighted by atomic mass is 16.4. The van der Waals surface area contributed by atoms with Gasteiger partial charge in [-0.25, -0.2) is 9.59 Å². The third kappa shape index (κ3) is 3.75. The Kier molecular flexibility index (Phi) is 4.69. The minimum Gasteiger partial charge on any atom is -0.408 e. The molecule has 3 rings (SSSR count). The number of nitrogens with zero attached hydrogens (tertiary/aromatic N) is 1. The Hall–Kier alpha value is -2.24. The van der Waals surface area contributed by atoms with E-state index in [0.29, 0.717) is 24.6 Å². The highest BCUT2D eigenvalue weighted by molar-refractivity contribution is 5.75. The second kappa shape index (κ2) is 6.89. The fourth-order valence-electron chi connectivity index (χ4n) is 3.13. The number of benzene rings is 1. The number of rotatable bonds is 4. The van der Waals surface area contributed by atoms with Crippen LogP contribution in [-0.4, -0.2) is 23.2 Å². The largest absolute Gasteiger partial charge is 0.419 e. The van der Waals surface area contributed by atoms with E-state index in [4.69, 9.17) is 4.42 Å². The monoisotopic (exact) mass is 317 g/mol. The Morgan fingerprint density at radius 1 is 1.30 bits per heavy atom. The Balaban J connectivity index is 1.51. The number of fused-ring (bicyclic) bond motifs is 1. The normalized spacial score (nSPS) is 15.7. The van der Waals surface area contributed by atoms with Crippen LogP contribution >= 0.6 is 0 Å². The molecule has 0 unspecified atom stereocenters. The van der Waals surface area contributed by atoms with Crippen LogP contribution in [0.5, 0.6) is 0 Å². The molecule has 23 heavy (non-hydrogen) atoms. The molecule has 0 aliphatic heterocycles. The van der Waals surface area contributed by atoms with Crippen molar-refractivity contribution in [1.82, 2.24) is 15.2 Å². The first-order valence-corrected chi connectivity index (χ1v) is 8.26. The van der Waals surface area contributed by atoms with Gasteiger partial charge in [0.25, 0.3) is 0 Å². The van der Waals surface area contributed by atoms with E-state index in [1.54, 1.807) is 13.1 Å². The molecular formula is C17H23N3O3. The molecule has 6 heteroatoms. The first kappa shape index (κ1) is 15.6. The van der Waals surface area contributed by atoms with Crippen LogP contribution in [0.15, 0.2) is 27.4 Å². The highest BCUT2D eigenvalue weighted by Gasteiger charge is 2.15. The topological polar surface area (TPSA) is 76.3 Å². The fraction of sp³-hybridized carbons (Fsp3) is 0.529. The van der Waals surface area contributed by atoms with Crippen LogP contribution in [0.4, 0.5) is 4.79 Å². The van der Waals surface area contributed by atoms with Crippen LogP contribution in [0.25, 0.3) is 11.1 Å². The van der Waals surface area contributed by atoms with Crippen LogP contribution in [0.1, 0.15) is 37.7 Å². The lowest BCUT2D eigenvalue weighted by atomic mass is 9.96. The number of hydrogen-bond donors (Lipinski definition) is 2. The van der Waals surface area contributed by atoms with E-state index in [1.165, 1.54) is 23.8 Å². The average Bonchev–Trinajstić information content (AvgIpc) is 2.83. The molecule has 1 aromatic carbocycles. The van der Waals surface area contributed by atoms with E-state index in [0.717, 1.165) is 23.9 Å². The molecule has 2 aromatic rings. The summed E-state index contributed by atoms with van der Waals surface area (Å²) >= 11 is 0. The number of urea groups is 1. The minimum atomic E-state index is -0.359. The summed E-state index contributed by atoms with van der Waals surface area (Å²) in [5, 5.41) is 5.94. The zero-order valence-electron chi connectivity index (χ0n) is 13.4. The maximum Gasteiger partial charge on any atom is 0.419 e. The summed E-state index contributed by atoms with van der Waals surface area (Å²) in [7, 11) is 1.69. The molecule has 1 fully saturated rings. The molecule has 0 spiro atoms. The molecule has 0 atom stereocenters. The molecular weight excluding hydrogens is 294 g/mol. The van der Waals surface area contributed by atoms with Crippen molar-refractivity contribution in [1.29, 1.82) is 0 Å². The lowest BCUT2D eigenvalue weighted by Gasteiger charge is -2.22. The number of nitrogens with one attached hydrogen (secondary N) is 2. The third-order valence-electron chi connectivity index (χ3n) is 4.50. The van der Waals surface area contributed by atoms with Crippen molar-refractivity contribution in [2.24, 2.45) is 7.05 Å². The van der Waals surface area contributed by atoms with E-state index in [1.807, 2.05) is 12.1 Å². The summed E-state index contributed by atoms with van der Waals surface area (Å²) in [6.45, 7) is 0.565. The number of oxazole rings is 1. The number of hydrogen-bond acceptors (Lipinski definition) is 3. The van der Waals surface area contributed by atoms with Gasteiger partial charge in [-0.1, -0.05) is 25.3 Å². The van der Waals surface area contributed by atoms with E-state index in [-0.39, 0.29) is 11.8 Å². The summed E-state index contributed by atoms with van der Waals surface area (Å²) in [4.78, 5) is 23.4. The number of carbonyl (C=O) groups is 1. The maximum atomic E-state index is 11.9. The smallest absolute Gasteiger partial charge is 0.408 e. The van der Waals surface area contributed by atoms with Gasteiger partial charge in [-0.15, -0.1) is 0 Å². The fourth-order valence-corrected chi connectivity index (χ4v) is 3.13. The molecule has 6 nitrogen and oxygen atoms in total. The van der Waals surface area contributed by atoms with Gasteiger partial charge in [0, 0.05) is 19.6 Å². The molecule has 0 radical (unpaired) electrons. The predicted octanol–water partition coefficient (Wildman–Crippen LogP) is 2.31. The maximum absolute atomic E-state index is 11.9. The summed E-state index contributed by atoms with van der Waals surface area (Å²) in [6.07, 6.45) is 6.56. The van der Waals surface area contributed by atoms with Gasteiger partial charge in [0.05, 0.1) is 5.52 Å². The molecule has 2 amide bonds. The van der Waals surface area contributed by atoms with Gasteiger partial charge in [-0.3, -0.25) is 4.57 Å². The summed E-state index contributed by atoms with van der Waals surface area (Å²) in [5.41, 5.74) is 2.43. The van der Waals surface area contributed by atoms with Crippen LogP contribution in [0.2, 0.25) is 0 Å². The van der Waals surface area contributed by atoms with Crippen molar-refractivity contribution in [2.45, 2.75) is 44.6 Å². The minimum absolute atomic E-state index is 0.0892. The average molecular weight is 317 g/mol. The predicted molar refractivity (Wildman–Crippen MR) is 88.6 cm³/mol. The molecule has 124 valence electrons. The van der Waals surface area contributed by atoms with E-state index in [2.05, 4.69) is 10.6 Å². The van der Waals surface area contributed by atoms with Crippen molar-refractivity contribution in [3.8, 4) is 0 Å². The molecule has 1 aliphatic rings. The Bertz CT molecular complexity index is 741. The molecule has 2 N–H and O–H groups in total. The Labute approximate surface area is 134 Å². The first-order valence-electron chi connectivity index (χ1n) is 8.26. The lowest BCUT2D eigenvalue weighted by Crippen LogP contribution is -2.43. The second-order valence-electron chi connectivity index (χ2n) is 6.21. The van der Waals surface area contributed by atoms with Gasteiger partial charge in [0.1, 0.15) is 0 Å². The van der Waals surface area contributed by atoms with Crippen molar-refractivity contribution in [3.63, 3.8) is 0 Å². The first-order chi connectivity index (χ1) is 11.1. The van der Waals surface area contributed by atoms with E-state index >= 15 is 0 Å². The third-order valence-corrected chi connectivity index (χ3v) is 4.50. The molecule has 1 heterocycles. The van der Waals surface area contributed by atoms with Gasteiger partial charge >= 0.3 is 11.8 Å². The molecule has 1 aromatic heterocycles. The Morgan fingerprint density at radius 3 is 2.87 bits per heavy atom. The summed E-state index contributed by atoms with van der Waals surface area (Å²) in [6, 6.07) is 5.88.